The Balaban J connectivity index is 1.35. The molecule has 0 radical (unpaired) electrons. The quantitative estimate of drug-likeness (QED) is 0.728. The molecule has 1 aliphatic rings. The Kier molecular flexibility index (Phi) is 4.67. The molecule has 2 heterocycles. The van der Waals surface area contributed by atoms with Crippen molar-refractivity contribution in [1.82, 2.24) is 15.3 Å². The van der Waals surface area contributed by atoms with E-state index in [1.54, 1.807) is 35.7 Å². The molecule has 5 nitrogen and oxygen atoms in total. The van der Waals surface area contributed by atoms with Crippen molar-refractivity contribution in [2.45, 2.75) is 25.7 Å². The number of pyridine rings is 1. The van der Waals surface area contributed by atoms with Crippen LogP contribution in [0, 0.1) is 0 Å². The third kappa shape index (κ3) is 3.46. The molecule has 2 aromatic heterocycles. The molecule has 0 saturated heterocycles. The summed E-state index contributed by atoms with van der Waals surface area (Å²) in [4.78, 5) is 22.7. The Bertz CT molecular complexity index is 912. The number of nitrogen functional groups attached to an aromatic ring is 1. The first-order valence-corrected chi connectivity index (χ1v) is 9.59. The van der Waals surface area contributed by atoms with Crippen molar-refractivity contribution in [3.63, 3.8) is 0 Å². The van der Waals surface area contributed by atoms with Gasteiger partial charge in [0, 0.05) is 35.2 Å². The van der Waals surface area contributed by atoms with E-state index in [9.17, 15) is 4.79 Å². The lowest BCUT2D eigenvalue weighted by atomic mass is 10.1. The standard InChI is InChI=1S/C20H20N4OS/c21-15-3-2-11-22-19(15)13-6-8-14(9-7-13)20(25)23-12-10-18-24-16-4-1-5-17(16)26-18/h2-3,6-9,11H,1,4-5,10,12,21H2,(H,23,25). The molecule has 3 N–H and O–H groups in total. The van der Waals surface area contributed by atoms with Crippen molar-refractivity contribution in [1.29, 1.82) is 0 Å². The van der Waals surface area contributed by atoms with Crippen molar-refractivity contribution >= 4 is 22.9 Å². The van der Waals surface area contributed by atoms with Crippen molar-refractivity contribution in [2.75, 3.05) is 12.3 Å². The van der Waals surface area contributed by atoms with Crippen molar-refractivity contribution in [3.8, 4) is 11.3 Å². The number of hydrogen-bond donors (Lipinski definition) is 2. The fourth-order valence-corrected chi connectivity index (χ4v) is 4.33. The van der Waals surface area contributed by atoms with Crippen LogP contribution >= 0.6 is 11.3 Å². The van der Waals surface area contributed by atoms with Gasteiger partial charge in [-0.05, 0) is 43.5 Å². The van der Waals surface area contributed by atoms with Crippen LogP contribution in [0.1, 0.15) is 32.4 Å². The van der Waals surface area contributed by atoms with Gasteiger partial charge in [0.2, 0.25) is 0 Å². The van der Waals surface area contributed by atoms with Crippen LogP contribution in [0.15, 0.2) is 42.6 Å². The number of nitrogens with two attached hydrogens (primary N) is 1. The van der Waals surface area contributed by atoms with Gasteiger partial charge in [-0.3, -0.25) is 9.78 Å². The number of carbonyl (C=O) groups is 1. The number of amides is 1. The van der Waals surface area contributed by atoms with E-state index in [4.69, 9.17) is 5.73 Å². The van der Waals surface area contributed by atoms with Crippen LogP contribution in [0.4, 0.5) is 5.69 Å². The third-order valence-corrected chi connectivity index (χ3v) is 5.74. The first kappa shape index (κ1) is 16.7. The second-order valence-corrected chi connectivity index (χ2v) is 7.52. The van der Waals surface area contributed by atoms with E-state index in [0.717, 1.165) is 35.5 Å². The van der Waals surface area contributed by atoms with Gasteiger partial charge in [0.15, 0.2) is 0 Å². The number of hydrogen-bond acceptors (Lipinski definition) is 5. The van der Waals surface area contributed by atoms with E-state index in [-0.39, 0.29) is 5.91 Å². The number of rotatable bonds is 5. The topological polar surface area (TPSA) is 80.9 Å². The predicted octanol–water partition coefficient (Wildman–Crippen LogP) is 3.25. The van der Waals surface area contributed by atoms with Gasteiger partial charge in [0.05, 0.1) is 22.1 Å². The van der Waals surface area contributed by atoms with E-state index < -0.39 is 0 Å². The SMILES string of the molecule is Nc1cccnc1-c1ccc(C(=O)NCCc2nc3c(s2)CCC3)cc1. The van der Waals surface area contributed by atoms with Crippen molar-refractivity contribution in [3.05, 3.63) is 63.7 Å². The minimum atomic E-state index is -0.0744. The van der Waals surface area contributed by atoms with Crippen LogP contribution in [0.2, 0.25) is 0 Å². The second-order valence-electron chi connectivity index (χ2n) is 6.36. The fraction of sp³-hybridized carbons (Fsp3) is 0.250. The minimum absolute atomic E-state index is 0.0744. The summed E-state index contributed by atoms with van der Waals surface area (Å²) >= 11 is 1.79. The van der Waals surface area contributed by atoms with Crippen LogP contribution in [0.25, 0.3) is 11.3 Å². The lowest BCUT2D eigenvalue weighted by Crippen LogP contribution is -2.25. The van der Waals surface area contributed by atoms with Gasteiger partial charge in [-0.1, -0.05) is 12.1 Å². The molecule has 1 aliphatic carbocycles. The lowest BCUT2D eigenvalue weighted by molar-refractivity contribution is 0.0954. The molecule has 3 aromatic rings. The number of carbonyl (C=O) groups excluding carboxylic acids is 1. The summed E-state index contributed by atoms with van der Waals surface area (Å²) in [7, 11) is 0. The summed E-state index contributed by atoms with van der Waals surface area (Å²) < 4.78 is 0. The number of benzene rings is 1. The maximum Gasteiger partial charge on any atom is 0.251 e. The van der Waals surface area contributed by atoms with Crippen LogP contribution in [-0.2, 0) is 19.3 Å². The number of aromatic nitrogens is 2. The van der Waals surface area contributed by atoms with Crippen LogP contribution in [0.3, 0.4) is 0 Å². The monoisotopic (exact) mass is 364 g/mol. The number of aryl methyl sites for hydroxylation is 2. The molecule has 132 valence electrons. The van der Waals surface area contributed by atoms with E-state index in [1.807, 2.05) is 18.2 Å². The highest BCUT2D eigenvalue weighted by Crippen LogP contribution is 2.27. The number of fused-ring (bicyclic) bond motifs is 1. The molecular formula is C20H20N4OS. The van der Waals surface area contributed by atoms with Gasteiger partial charge in [0.1, 0.15) is 0 Å². The molecule has 0 bridgehead atoms. The average Bonchev–Trinajstić information content (AvgIpc) is 3.24. The zero-order valence-electron chi connectivity index (χ0n) is 14.4. The molecule has 1 amide bonds. The first-order chi connectivity index (χ1) is 12.7. The summed E-state index contributed by atoms with van der Waals surface area (Å²) in [6.07, 6.45) is 5.98. The summed E-state index contributed by atoms with van der Waals surface area (Å²) in [6.45, 7) is 0.597. The van der Waals surface area contributed by atoms with Gasteiger partial charge >= 0.3 is 0 Å². The molecule has 0 saturated carbocycles. The summed E-state index contributed by atoms with van der Waals surface area (Å²) in [5, 5.41) is 4.09. The Labute approximate surface area is 156 Å². The molecule has 0 spiro atoms. The minimum Gasteiger partial charge on any atom is -0.397 e. The zero-order chi connectivity index (χ0) is 17.9. The van der Waals surface area contributed by atoms with Gasteiger partial charge < -0.3 is 11.1 Å². The van der Waals surface area contributed by atoms with E-state index in [2.05, 4.69) is 15.3 Å². The highest BCUT2D eigenvalue weighted by Gasteiger charge is 2.16. The Morgan fingerprint density at radius 3 is 2.81 bits per heavy atom. The normalized spacial score (nSPS) is 12.8. The molecule has 1 aromatic carbocycles. The number of nitrogens with one attached hydrogen (secondary N) is 1. The molecule has 4 rings (SSSR count). The maximum absolute atomic E-state index is 12.3. The average molecular weight is 364 g/mol. The van der Waals surface area contributed by atoms with Crippen molar-refractivity contribution in [2.24, 2.45) is 0 Å². The molecule has 0 unspecified atom stereocenters. The number of anilines is 1. The van der Waals surface area contributed by atoms with Gasteiger partial charge in [-0.2, -0.15) is 0 Å². The Hall–Kier alpha value is -2.73. The Morgan fingerprint density at radius 1 is 1.19 bits per heavy atom. The Morgan fingerprint density at radius 2 is 2.04 bits per heavy atom. The number of thiazole rings is 1. The van der Waals surface area contributed by atoms with Crippen LogP contribution < -0.4 is 11.1 Å². The lowest BCUT2D eigenvalue weighted by Gasteiger charge is -2.07. The summed E-state index contributed by atoms with van der Waals surface area (Å²) in [5.74, 6) is -0.0744. The van der Waals surface area contributed by atoms with Gasteiger partial charge in [-0.15, -0.1) is 11.3 Å². The predicted molar refractivity (Wildman–Crippen MR) is 104 cm³/mol. The van der Waals surface area contributed by atoms with E-state index in [0.29, 0.717) is 17.8 Å². The molecule has 0 fully saturated rings. The van der Waals surface area contributed by atoms with Gasteiger partial charge in [0.25, 0.3) is 5.91 Å². The summed E-state index contributed by atoms with van der Waals surface area (Å²) in [5.41, 5.74) is 10.1. The third-order valence-electron chi connectivity index (χ3n) is 4.52. The smallest absolute Gasteiger partial charge is 0.251 e. The van der Waals surface area contributed by atoms with E-state index >= 15 is 0 Å². The van der Waals surface area contributed by atoms with Crippen LogP contribution in [0.5, 0.6) is 0 Å². The molecular weight excluding hydrogens is 344 g/mol. The maximum atomic E-state index is 12.3. The molecule has 26 heavy (non-hydrogen) atoms. The van der Waals surface area contributed by atoms with Crippen molar-refractivity contribution < 1.29 is 4.79 Å². The van der Waals surface area contributed by atoms with Gasteiger partial charge in [-0.25, -0.2) is 4.98 Å². The highest BCUT2D eigenvalue weighted by atomic mass is 32.1. The first-order valence-electron chi connectivity index (χ1n) is 8.77. The molecule has 6 heteroatoms. The number of nitrogens with zero attached hydrogens (tertiary/aromatic N) is 2. The largest absolute Gasteiger partial charge is 0.397 e. The van der Waals surface area contributed by atoms with Crippen LogP contribution in [-0.4, -0.2) is 22.4 Å². The second kappa shape index (κ2) is 7.25. The molecule has 0 aliphatic heterocycles. The molecule has 0 atom stereocenters. The summed E-state index contributed by atoms with van der Waals surface area (Å²) in [6, 6.07) is 11.0. The van der Waals surface area contributed by atoms with E-state index in [1.165, 1.54) is 17.0 Å². The zero-order valence-corrected chi connectivity index (χ0v) is 15.2. The fourth-order valence-electron chi connectivity index (χ4n) is 3.17. The highest BCUT2D eigenvalue weighted by molar-refractivity contribution is 7.11.